The minimum atomic E-state index is -4.12. The first kappa shape index (κ1) is 14.9. The van der Waals surface area contributed by atoms with Gasteiger partial charge in [0.25, 0.3) is 0 Å². The molecule has 1 aromatic rings. The van der Waals surface area contributed by atoms with Crippen LogP contribution in [0.15, 0.2) is 23.1 Å². The topological polar surface area (TPSA) is 104 Å². The fraction of sp³-hybridized carbons (Fsp3) is 0.417. The van der Waals surface area contributed by atoms with Crippen molar-refractivity contribution in [2.24, 2.45) is 0 Å². The molecule has 6 nitrogen and oxygen atoms in total. The molecule has 1 fully saturated rings. The maximum absolute atomic E-state index is 13.7. The second kappa shape index (κ2) is 5.12. The molecule has 0 unspecified atom stereocenters. The number of benzene rings is 1. The van der Waals surface area contributed by atoms with Gasteiger partial charge in [-0.3, -0.25) is 0 Å². The van der Waals surface area contributed by atoms with E-state index < -0.39 is 32.3 Å². The summed E-state index contributed by atoms with van der Waals surface area (Å²) in [6, 6.07) is 2.55. The number of carbonyl (C=O) groups is 1. The van der Waals surface area contributed by atoms with Crippen LogP contribution in [-0.4, -0.2) is 36.7 Å². The molecule has 0 radical (unpaired) electrons. The Hall–Kier alpha value is -1.51. The smallest absolute Gasteiger partial charge is 0.335 e. The Bertz CT molecular complexity index is 639. The summed E-state index contributed by atoms with van der Waals surface area (Å²) in [6.45, 7) is -0.185. The zero-order valence-electron chi connectivity index (χ0n) is 10.5. The molecule has 8 heteroatoms. The molecular formula is C12H14FNO5S. The van der Waals surface area contributed by atoms with E-state index >= 15 is 0 Å². The largest absolute Gasteiger partial charge is 0.478 e. The number of sulfonamides is 1. The quantitative estimate of drug-likeness (QED) is 0.743. The third-order valence-electron chi connectivity index (χ3n) is 3.34. The second-order valence-corrected chi connectivity index (χ2v) is 6.59. The summed E-state index contributed by atoms with van der Waals surface area (Å²) in [5, 5.41) is 18.5. The first-order chi connectivity index (χ1) is 9.23. The Balaban J connectivity index is 2.18. The zero-order valence-corrected chi connectivity index (χ0v) is 11.3. The Labute approximate surface area is 115 Å². The lowest BCUT2D eigenvalue weighted by molar-refractivity contribution is -0.0271. The van der Waals surface area contributed by atoms with Crippen LogP contribution in [0.3, 0.4) is 0 Å². The highest BCUT2D eigenvalue weighted by Crippen LogP contribution is 2.31. The van der Waals surface area contributed by atoms with Crippen LogP contribution in [0.25, 0.3) is 0 Å². The van der Waals surface area contributed by atoms with E-state index in [2.05, 4.69) is 4.72 Å². The first-order valence-corrected chi connectivity index (χ1v) is 7.47. The summed E-state index contributed by atoms with van der Waals surface area (Å²) in [5.74, 6) is -2.48. The highest BCUT2D eigenvalue weighted by atomic mass is 32.2. The van der Waals surface area contributed by atoms with Crippen LogP contribution < -0.4 is 4.72 Å². The normalized spacial score (nSPS) is 17.5. The minimum absolute atomic E-state index is 0.185. The second-order valence-electron chi connectivity index (χ2n) is 4.85. The molecule has 1 aliphatic rings. The van der Waals surface area contributed by atoms with E-state index in [-0.39, 0.29) is 12.1 Å². The van der Waals surface area contributed by atoms with Crippen molar-refractivity contribution < 1.29 is 27.8 Å². The molecule has 1 saturated carbocycles. The molecule has 0 bridgehead atoms. The summed E-state index contributed by atoms with van der Waals surface area (Å²) in [6.07, 6.45) is 1.81. The Morgan fingerprint density at radius 2 is 2.05 bits per heavy atom. The number of carboxylic acid groups (broad SMARTS) is 1. The predicted molar refractivity (Wildman–Crippen MR) is 67.3 cm³/mol. The average molecular weight is 303 g/mol. The molecule has 0 aromatic heterocycles. The van der Waals surface area contributed by atoms with E-state index in [1.807, 2.05) is 0 Å². The highest BCUT2D eigenvalue weighted by Gasteiger charge is 2.35. The number of aromatic carboxylic acids is 1. The molecule has 0 amide bonds. The van der Waals surface area contributed by atoms with Crippen LogP contribution in [0.2, 0.25) is 0 Å². The summed E-state index contributed by atoms with van der Waals surface area (Å²) in [7, 11) is -4.12. The number of carboxylic acids is 1. The van der Waals surface area contributed by atoms with Gasteiger partial charge in [-0.15, -0.1) is 0 Å². The van der Waals surface area contributed by atoms with Crippen molar-refractivity contribution in [3.8, 4) is 0 Å². The standard InChI is InChI=1S/C12H14FNO5S/c13-9-6-8(11(15)16)2-3-10(9)20(18,19)14-7-12(17)4-1-5-12/h2-3,6,14,17H,1,4-5,7H2,(H,15,16). The summed E-state index contributed by atoms with van der Waals surface area (Å²) in [5.41, 5.74) is -1.40. The van der Waals surface area contributed by atoms with Gasteiger partial charge >= 0.3 is 5.97 Å². The van der Waals surface area contributed by atoms with Gasteiger partial charge in [0.2, 0.25) is 10.0 Å². The number of rotatable bonds is 5. The van der Waals surface area contributed by atoms with Crippen LogP contribution >= 0.6 is 0 Å². The molecule has 0 heterocycles. The third-order valence-corrected chi connectivity index (χ3v) is 4.78. The molecule has 0 atom stereocenters. The van der Waals surface area contributed by atoms with Gasteiger partial charge in [-0.2, -0.15) is 0 Å². The third kappa shape index (κ3) is 2.97. The van der Waals surface area contributed by atoms with Crippen molar-refractivity contribution in [2.75, 3.05) is 6.54 Å². The number of hydrogen-bond donors (Lipinski definition) is 3. The predicted octanol–water partition coefficient (Wildman–Crippen LogP) is 0.717. The van der Waals surface area contributed by atoms with Gasteiger partial charge in [-0.25, -0.2) is 22.3 Å². The average Bonchev–Trinajstić information content (AvgIpc) is 2.33. The first-order valence-electron chi connectivity index (χ1n) is 5.98. The zero-order chi connectivity index (χ0) is 15.0. The van der Waals surface area contributed by atoms with Gasteiger partial charge in [0.15, 0.2) is 0 Å². The van der Waals surface area contributed by atoms with Crippen molar-refractivity contribution in [1.29, 1.82) is 0 Å². The van der Waals surface area contributed by atoms with Gasteiger partial charge in [0.05, 0.1) is 11.2 Å². The number of hydrogen-bond acceptors (Lipinski definition) is 4. The summed E-state index contributed by atoms with van der Waals surface area (Å²) in [4.78, 5) is 10.0. The van der Waals surface area contributed by atoms with Crippen LogP contribution in [0.1, 0.15) is 29.6 Å². The van der Waals surface area contributed by atoms with Crippen molar-refractivity contribution in [2.45, 2.75) is 29.8 Å². The Kier molecular flexibility index (Phi) is 3.81. The Morgan fingerprint density at radius 3 is 2.50 bits per heavy atom. The maximum Gasteiger partial charge on any atom is 0.335 e. The SMILES string of the molecule is O=C(O)c1ccc(S(=O)(=O)NCC2(O)CCC2)c(F)c1. The van der Waals surface area contributed by atoms with Crippen molar-refractivity contribution >= 4 is 16.0 Å². The molecule has 0 aliphatic heterocycles. The van der Waals surface area contributed by atoms with Crippen LogP contribution in [0, 0.1) is 5.82 Å². The lowest BCUT2D eigenvalue weighted by Crippen LogP contribution is -2.47. The van der Waals surface area contributed by atoms with Gasteiger partial charge in [0, 0.05) is 6.54 Å². The number of halogens is 1. The fourth-order valence-electron chi connectivity index (χ4n) is 1.92. The van der Waals surface area contributed by atoms with Gasteiger partial charge in [-0.1, -0.05) is 0 Å². The molecule has 1 aromatic carbocycles. The van der Waals surface area contributed by atoms with Gasteiger partial charge in [-0.05, 0) is 37.5 Å². The maximum atomic E-state index is 13.7. The molecule has 0 spiro atoms. The molecule has 110 valence electrons. The summed E-state index contributed by atoms with van der Waals surface area (Å²) < 4.78 is 39.6. The fourth-order valence-corrected chi connectivity index (χ4v) is 3.10. The Morgan fingerprint density at radius 1 is 1.40 bits per heavy atom. The van der Waals surface area contributed by atoms with Crippen LogP contribution in [0.4, 0.5) is 4.39 Å². The monoisotopic (exact) mass is 303 g/mol. The van der Waals surface area contributed by atoms with E-state index in [0.29, 0.717) is 18.9 Å². The van der Waals surface area contributed by atoms with E-state index in [1.54, 1.807) is 0 Å². The van der Waals surface area contributed by atoms with Crippen LogP contribution in [0.5, 0.6) is 0 Å². The van der Waals surface area contributed by atoms with Gasteiger partial charge < -0.3 is 10.2 Å². The molecule has 1 aliphatic carbocycles. The van der Waals surface area contributed by atoms with Crippen molar-refractivity contribution in [3.63, 3.8) is 0 Å². The molecular weight excluding hydrogens is 289 g/mol. The van der Waals surface area contributed by atoms with Crippen molar-refractivity contribution in [1.82, 2.24) is 4.72 Å². The van der Waals surface area contributed by atoms with E-state index in [4.69, 9.17) is 5.11 Å². The van der Waals surface area contributed by atoms with Crippen LogP contribution in [-0.2, 0) is 10.0 Å². The minimum Gasteiger partial charge on any atom is -0.478 e. The lowest BCUT2D eigenvalue weighted by Gasteiger charge is -2.36. The molecule has 2 rings (SSSR count). The van der Waals surface area contributed by atoms with E-state index in [0.717, 1.165) is 18.6 Å². The van der Waals surface area contributed by atoms with Crippen molar-refractivity contribution in [3.05, 3.63) is 29.6 Å². The number of aliphatic hydroxyl groups is 1. The molecule has 0 saturated heterocycles. The highest BCUT2D eigenvalue weighted by molar-refractivity contribution is 7.89. The molecule has 20 heavy (non-hydrogen) atoms. The molecule has 3 N–H and O–H groups in total. The van der Waals surface area contributed by atoms with E-state index in [1.165, 1.54) is 0 Å². The van der Waals surface area contributed by atoms with E-state index in [9.17, 15) is 22.7 Å². The summed E-state index contributed by atoms with van der Waals surface area (Å²) >= 11 is 0. The van der Waals surface area contributed by atoms with Gasteiger partial charge in [0.1, 0.15) is 10.7 Å². The lowest BCUT2D eigenvalue weighted by atomic mass is 9.81. The number of nitrogens with one attached hydrogen (secondary N) is 1.